The third-order valence-electron chi connectivity index (χ3n) is 1.49. The van der Waals surface area contributed by atoms with E-state index in [4.69, 9.17) is 4.74 Å². The van der Waals surface area contributed by atoms with Gasteiger partial charge in [0.15, 0.2) is 0 Å². The zero-order valence-corrected chi connectivity index (χ0v) is 7.76. The molecular formula is C8H13N3O2. The molecule has 0 aromatic carbocycles. The summed E-state index contributed by atoms with van der Waals surface area (Å²) in [5, 5.41) is 2.80. The lowest BCUT2D eigenvalue weighted by Crippen LogP contribution is -2.13. The molecule has 1 aromatic rings. The Kier molecular flexibility index (Phi) is 3.45. The predicted octanol–water partition coefficient (Wildman–Crippen LogP) is 0.348. The Labute approximate surface area is 76.2 Å². The molecule has 0 saturated carbocycles. The first kappa shape index (κ1) is 9.73. The molecule has 1 heterocycles. The summed E-state index contributed by atoms with van der Waals surface area (Å²) >= 11 is 0. The molecule has 0 aliphatic carbocycles. The van der Waals surface area contributed by atoms with Crippen molar-refractivity contribution in [2.24, 2.45) is 0 Å². The first-order valence-electron chi connectivity index (χ1n) is 4.12. The van der Waals surface area contributed by atoms with Crippen molar-refractivity contribution in [1.29, 1.82) is 0 Å². The molecule has 0 radical (unpaired) electrons. The Morgan fingerprint density at radius 3 is 3.08 bits per heavy atom. The van der Waals surface area contributed by atoms with E-state index in [1.54, 1.807) is 7.05 Å². The number of anilines is 1. The van der Waals surface area contributed by atoms with E-state index in [1.807, 2.05) is 6.92 Å². The summed E-state index contributed by atoms with van der Waals surface area (Å²) in [6.07, 6.45) is 0. The van der Waals surface area contributed by atoms with Crippen molar-refractivity contribution in [3.8, 4) is 0 Å². The number of hydrogen-bond donors (Lipinski definition) is 2. The average molecular weight is 183 g/mol. The minimum atomic E-state index is -0.172. The van der Waals surface area contributed by atoms with Crippen molar-refractivity contribution >= 4 is 5.82 Å². The summed E-state index contributed by atoms with van der Waals surface area (Å²) in [6, 6.07) is 1.40. The van der Waals surface area contributed by atoms with Crippen molar-refractivity contribution in [3.05, 3.63) is 22.2 Å². The van der Waals surface area contributed by atoms with E-state index in [-0.39, 0.29) is 5.56 Å². The van der Waals surface area contributed by atoms with E-state index >= 15 is 0 Å². The van der Waals surface area contributed by atoms with Gasteiger partial charge in [-0.25, -0.2) is 4.98 Å². The van der Waals surface area contributed by atoms with Crippen LogP contribution in [0.25, 0.3) is 0 Å². The molecule has 1 rings (SSSR count). The Balaban J connectivity index is 2.82. The molecule has 72 valence electrons. The number of ether oxygens (including phenoxy) is 1. The van der Waals surface area contributed by atoms with Crippen molar-refractivity contribution in [2.75, 3.05) is 19.0 Å². The molecule has 0 fully saturated rings. The number of H-pyrrole nitrogens is 1. The molecule has 2 N–H and O–H groups in total. The Hall–Kier alpha value is -1.36. The van der Waals surface area contributed by atoms with Crippen LogP contribution in [0.5, 0.6) is 0 Å². The average Bonchev–Trinajstić information content (AvgIpc) is 2.14. The van der Waals surface area contributed by atoms with Gasteiger partial charge in [0.2, 0.25) is 0 Å². The van der Waals surface area contributed by atoms with Gasteiger partial charge in [-0.1, -0.05) is 0 Å². The summed E-state index contributed by atoms with van der Waals surface area (Å²) in [7, 11) is 1.71. The lowest BCUT2D eigenvalue weighted by atomic mass is 10.5. The van der Waals surface area contributed by atoms with Crippen molar-refractivity contribution < 1.29 is 4.74 Å². The maximum Gasteiger partial charge on any atom is 0.253 e. The molecule has 5 nitrogen and oxygen atoms in total. The summed E-state index contributed by atoms with van der Waals surface area (Å²) in [5.41, 5.74) is -0.172. The van der Waals surface area contributed by atoms with E-state index in [2.05, 4.69) is 15.3 Å². The third-order valence-corrected chi connectivity index (χ3v) is 1.49. The second kappa shape index (κ2) is 4.61. The minimum Gasteiger partial charge on any atom is -0.374 e. The van der Waals surface area contributed by atoms with Crippen molar-refractivity contribution in [3.63, 3.8) is 0 Å². The normalized spacial score (nSPS) is 10.0. The fourth-order valence-corrected chi connectivity index (χ4v) is 0.903. The van der Waals surface area contributed by atoms with Crippen LogP contribution in [0.3, 0.4) is 0 Å². The summed E-state index contributed by atoms with van der Waals surface area (Å²) < 4.78 is 5.11. The van der Waals surface area contributed by atoms with E-state index in [0.717, 1.165) is 0 Å². The maximum absolute atomic E-state index is 11.0. The van der Waals surface area contributed by atoms with Crippen molar-refractivity contribution in [2.45, 2.75) is 13.5 Å². The first-order valence-corrected chi connectivity index (χ1v) is 4.12. The fraction of sp³-hybridized carbons (Fsp3) is 0.500. The molecule has 0 aliphatic rings. The first-order chi connectivity index (χ1) is 6.26. The Bertz CT molecular complexity index is 321. The summed E-state index contributed by atoms with van der Waals surface area (Å²) in [6.45, 7) is 2.83. The molecule has 0 unspecified atom stereocenters. The van der Waals surface area contributed by atoms with Gasteiger partial charge >= 0.3 is 0 Å². The highest BCUT2D eigenvalue weighted by molar-refractivity contribution is 5.31. The van der Waals surface area contributed by atoms with Gasteiger partial charge in [-0.2, -0.15) is 0 Å². The largest absolute Gasteiger partial charge is 0.374 e. The smallest absolute Gasteiger partial charge is 0.253 e. The molecule has 0 bridgehead atoms. The van der Waals surface area contributed by atoms with Gasteiger partial charge in [0.05, 0.1) is 0 Å². The molecular weight excluding hydrogens is 170 g/mol. The maximum atomic E-state index is 11.0. The zero-order chi connectivity index (χ0) is 9.68. The molecule has 5 heteroatoms. The predicted molar refractivity (Wildman–Crippen MR) is 49.7 cm³/mol. The fourth-order valence-electron chi connectivity index (χ4n) is 0.903. The standard InChI is InChI=1S/C8H13N3O2/c1-3-13-5-7-10-6(9-2)4-8(12)11-7/h4H,3,5H2,1-2H3,(H2,9,10,11,12). The zero-order valence-electron chi connectivity index (χ0n) is 7.76. The molecule has 0 aliphatic heterocycles. The highest BCUT2D eigenvalue weighted by Crippen LogP contribution is 1.97. The Morgan fingerprint density at radius 1 is 1.69 bits per heavy atom. The second-order valence-corrected chi connectivity index (χ2v) is 2.46. The van der Waals surface area contributed by atoms with Gasteiger partial charge in [0.25, 0.3) is 5.56 Å². The number of aromatic amines is 1. The van der Waals surface area contributed by atoms with E-state index in [1.165, 1.54) is 6.07 Å². The molecule has 0 amide bonds. The van der Waals surface area contributed by atoms with E-state index in [0.29, 0.717) is 24.9 Å². The van der Waals surface area contributed by atoms with E-state index < -0.39 is 0 Å². The summed E-state index contributed by atoms with van der Waals surface area (Å²) in [4.78, 5) is 17.7. The SMILES string of the molecule is CCOCc1nc(NC)cc(=O)[nH]1. The van der Waals surface area contributed by atoms with Gasteiger partial charge < -0.3 is 15.0 Å². The number of hydrogen-bond acceptors (Lipinski definition) is 4. The van der Waals surface area contributed by atoms with Gasteiger partial charge in [0.1, 0.15) is 18.2 Å². The second-order valence-electron chi connectivity index (χ2n) is 2.46. The highest BCUT2D eigenvalue weighted by atomic mass is 16.5. The van der Waals surface area contributed by atoms with E-state index in [9.17, 15) is 4.79 Å². The van der Waals surface area contributed by atoms with Gasteiger partial charge in [-0.3, -0.25) is 4.79 Å². The molecule has 0 atom stereocenters. The minimum absolute atomic E-state index is 0.172. The summed E-state index contributed by atoms with van der Waals surface area (Å²) in [5.74, 6) is 1.09. The van der Waals surface area contributed by atoms with Gasteiger partial charge in [-0.15, -0.1) is 0 Å². The Morgan fingerprint density at radius 2 is 2.46 bits per heavy atom. The van der Waals surface area contributed by atoms with Crippen LogP contribution in [0.15, 0.2) is 10.9 Å². The number of nitrogens with zero attached hydrogens (tertiary/aromatic N) is 1. The number of rotatable bonds is 4. The monoisotopic (exact) mass is 183 g/mol. The lowest BCUT2D eigenvalue weighted by molar-refractivity contribution is 0.128. The van der Waals surface area contributed by atoms with Crippen molar-refractivity contribution in [1.82, 2.24) is 9.97 Å². The van der Waals surface area contributed by atoms with Crippen LogP contribution in [-0.2, 0) is 11.3 Å². The lowest BCUT2D eigenvalue weighted by Gasteiger charge is -2.02. The van der Waals surface area contributed by atoms with Crippen LogP contribution < -0.4 is 10.9 Å². The van der Waals surface area contributed by atoms with Crippen LogP contribution >= 0.6 is 0 Å². The van der Waals surface area contributed by atoms with Crippen LogP contribution in [0, 0.1) is 0 Å². The number of aromatic nitrogens is 2. The van der Waals surface area contributed by atoms with Gasteiger partial charge in [0, 0.05) is 19.7 Å². The molecule has 1 aromatic heterocycles. The third kappa shape index (κ3) is 2.87. The molecule has 13 heavy (non-hydrogen) atoms. The van der Waals surface area contributed by atoms with Crippen LogP contribution in [-0.4, -0.2) is 23.6 Å². The van der Waals surface area contributed by atoms with Crippen LogP contribution in [0.2, 0.25) is 0 Å². The van der Waals surface area contributed by atoms with Crippen LogP contribution in [0.1, 0.15) is 12.7 Å². The van der Waals surface area contributed by atoms with Crippen LogP contribution in [0.4, 0.5) is 5.82 Å². The molecule has 0 spiro atoms. The number of nitrogens with one attached hydrogen (secondary N) is 2. The highest BCUT2D eigenvalue weighted by Gasteiger charge is 1.98. The molecule has 0 saturated heterocycles. The quantitative estimate of drug-likeness (QED) is 0.706. The van der Waals surface area contributed by atoms with Gasteiger partial charge in [-0.05, 0) is 6.92 Å². The topological polar surface area (TPSA) is 67.0 Å².